The first-order chi connectivity index (χ1) is 9.70. The van der Waals surface area contributed by atoms with Gasteiger partial charge in [0.05, 0.1) is 12.2 Å². The van der Waals surface area contributed by atoms with Gasteiger partial charge in [-0.05, 0) is 44.6 Å². The average molecular weight is 276 g/mol. The fourth-order valence-electron chi connectivity index (χ4n) is 3.80. The maximum Gasteiger partial charge on any atom is 0.223 e. The lowest BCUT2D eigenvalue weighted by Gasteiger charge is -2.26. The Hall–Kier alpha value is -1.36. The van der Waals surface area contributed by atoms with Gasteiger partial charge < -0.3 is 11.1 Å². The van der Waals surface area contributed by atoms with Crippen LogP contribution in [-0.4, -0.2) is 22.2 Å². The van der Waals surface area contributed by atoms with E-state index in [1.54, 1.807) is 0 Å². The molecule has 5 nitrogen and oxygen atoms in total. The summed E-state index contributed by atoms with van der Waals surface area (Å²) < 4.78 is 1.94. The van der Waals surface area contributed by atoms with E-state index in [-0.39, 0.29) is 17.9 Å². The second-order valence-electron chi connectivity index (χ2n) is 6.16. The van der Waals surface area contributed by atoms with Crippen molar-refractivity contribution in [2.45, 2.75) is 44.6 Å². The van der Waals surface area contributed by atoms with Crippen LogP contribution in [0.15, 0.2) is 6.20 Å². The van der Waals surface area contributed by atoms with Crippen molar-refractivity contribution in [3.8, 4) is 0 Å². The molecule has 0 spiro atoms. The molecular formula is C15H24N4O. The third kappa shape index (κ3) is 2.35. The molecule has 1 saturated carbocycles. The number of carbonyl (C=O) groups excluding carboxylic acids is 1. The average Bonchev–Trinajstić information content (AvgIpc) is 3.06. The molecule has 3 atom stereocenters. The van der Waals surface area contributed by atoms with E-state index in [9.17, 15) is 4.79 Å². The molecule has 1 aromatic rings. The molecule has 0 radical (unpaired) electrons. The Labute approximate surface area is 119 Å². The highest BCUT2D eigenvalue weighted by Gasteiger charge is 2.34. The molecule has 2 aliphatic carbocycles. The van der Waals surface area contributed by atoms with Gasteiger partial charge in [-0.2, -0.15) is 5.10 Å². The van der Waals surface area contributed by atoms with Crippen LogP contribution in [0.1, 0.15) is 49.4 Å². The van der Waals surface area contributed by atoms with Gasteiger partial charge >= 0.3 is 0 Å². The predicted octanol–water partition coefficient (Wildman–Crippen LogP) is 1.29. The maximum atomic E-state index is 12.5. The topological polar surface area (TPSA) is 72.9 Å². The number of carbonyl (C=O) groups is 1. The van der Waals surface area contributed by atoms with Crippen LogP contribution in [0.5, 0.6) is 0 Å². The number of nitrogens with zero attached hydrogens (tertiary/aromatic N) is 2. The number of fused-ring (bicyclic) bond motifs is 1. The second kappa shape index (κ2) is 5.56. The maximum absolute atomic E-state index is 12.5. The van der Waals surface area contributed by atoms with Crippen molar-refractivity contribution in [1.82, 2.24) is 15.1 Å². The van der Waals surface area contributed by atoms with Gasteiger partial charge in [0.1, 0.15) is 0 Å². The zero-order valence-corrected chi connectivity index (χ0v) is 12.1. The number of amides is 1. The largest absolute Gasteiger partial charge is 0.349 e. The lowest BCUT2D eigenvalue weighted by atomic mass is 9.90. The third-order valence-corrected chi connectivity index (χ3v) is 4.99. The first-order valence-corrected chi connectivity index (χ1v) is 7.72. The van der Waals surface area contributed by atoms with Crippen LogP contribution in [0.3, 0.4) is 0 Å². The Morgan fingerprint density at radius 1 is 1.45 bits per heavy atom. The van der Waals surface area contributed by atoms with Crippen LogP contribution in [-0.2, 0) is 18.3 Å². The summed E-state index contributed by atoms with van der Waals surface area (Å²) in [5.74, 6) is 0.675. The first-order valence-electron chi connectivity index (χ1n) is 7.72. The van der Waals surface area contributed by atoms with Crippen LogP contribution < -0.4 is 11.1 Å². The standard InChI is InChI=1S/C15H24N4O/c1-19-14-7-3-6-13(12(14)9-17-19)18-15(20)11-5-2-4-10(11)8-16/h9-11,13H,2-8,16H2,1H3,(H,18,20)/t10-,11-,13?/m1/s1. The minimum absolute atomic E-state index is 0.113. The molecule has 20 heavy (non-hydrogen) atoms. The van der Waals surface area contributed by atoms with Crippen molar-refractivity contribution in [2.75, 3.05) is 6.54 Å². The molecule has 0 aromatic carbocycles. The second-order valence-corrected chi connectivity index (χ2v) is 6.16. The van der Waals surface area contributed by atoms with Gasteiger partial charge in [-0.3, -0.25) is 9.48 Å². The summed E-state index contributed by atoms with van der Waals surface area (Å²) in [5, 5.41) is 7.58. The van der Waals surface area contributed by atoms with Crippen LogP contribution in [0, 0.1) is 11.8 Å². The summed E-state index contributed by atoms with van der Waals surface area (Å²) in [7, 11) is 1.98. The number of nitrogens with one attached hydrogen (secondary N) is 1. The minimum atomic E-state index is 0.113. The van der Waals surface area contributed by atoms with Crippen molar-refractivity contribution in [2.24, 2.45) is 24.6 Å². The number of nitrogens with two attached hydrogens (primary N) is 1. The van der Waals surface area contributed by atoms with Crippen LogP contribution >= 0.6 is 0 Å². The van der Waals surface area contributed by atoms with Crippen molar-refractivity contribution in [3.05, 3.63) is 17.5 Å². The molecule has 0 aliphatic heterocycles. The number of hydrogen-bond acceptors (Lipinski definition) is 3. The fraction of sp³-hybridized carbons (Fsp3) is 0.733. The van der Waals surface area contributed by atoms with Crippen molar-refractivity contribution >= 4 is 5.91 Å². The summed E-state index contributed by atoms with van der Waals surface area (Å²) in [5.41, 5.74) is 8.25. The van der Waals surface area contributed by atoms with E-state index < -0.39 is 0 Å². The molecule has 1 heterocycles. The zero-order chi connectivity index (χ0) is 14.1. The number of aryl methyl sites for hydroxylation is 1. The third-order valence-electron chi connectivity index (χ3n) is 4.99. The van der Waals surface area contributed by atoms with Crippen molar-refractivity contribution < 1.29 is 4.79 Å². The SMILES string of the molecule is Cn1ncc2c1CCCC2NC(=O)[C@@H]1CCC[C@@H]1CN. The Bertz CT molecular complexity index is 496. The first kappa shape index (κ1) is 13.6. The molecule has 3 N–H and O–H groups in total. The van der Waals surface area contributed by atoms with Crippen molar-refractivity contribution in [1.29, 1.82) is 0 Å². The molecule has 3 rings (SSSR count). The van der Waals surface area contributed by atoms with Gasteiger partial charge in [-0.15, -0.1) is 0 Å². The van der Waals surface area contributed by atoms with Gasteiger partial charge in [0.15, 0.2) is 0 Å². The molecule has 5 heteroatoms. The van der Waals surface area contributed by atoms with E-state index in [0.29, 0.717) is 12.5 Å². The Balaban J connectivity index is 1.71. The van der Waals surface area contributed by atoms with E-state index >= 15 is 0 Å². The molecule has 0 saturated heterocycles. The molecule has 2 aliphatic rings. The van der Waals surface area contributed by atoms with Crippen LogP contribution in [0.4, 0.5) is 0 Å². The van der Waals surface area contributed by atoms with Gasteiger partial charge in [0.2, 0.25) is 5.91 Å². The molecule has 0 bridgehead atoms. The van der Waals surface area contributed by atoms with Gasteiger partial charge in [0, 0.05) is 24.2 Å². The monoisotopic (exact) mass is 276 g/mol. The lowest BCUT2D eigenvalue weighted by molar-refractivity contribution is -0.126. The number of rotatable bonds is 3. The highest BCUT2D eigenvalue weighted by molar-refractivity contribution is 5.79. The van der Waals surface area contributed by atoms with E-state index in [0.717, 1.165) is 38.5 Å². The Morgan fingerprint density at radius 3 is 3.10 bits per heavy atom. The van der Waals surface area contributed by atoms with Crippen molar-refractivity contribution in [3.63, 3.8) is 0 Å². The van der Waals surface area contributed by atoms with Crippen LogP contribution in [0.25, 0.3) is 0 Å². The summed E-state index contributed by atoms with van der Waals surface area (Å²) in [6, 6.07) is 0.138. The smallest absolute Gasteiger partial charge is 0.223 e. The number of hydrogen-bond donors (Lipinski definition) is 2. The van der Waals surface area contributed by atoms with E-state index in [4.69, 9.17) is 5.73 Å². The molecular weight excluding hydrogens is 252 g/mol. The van der Waals surface area contributed by atoms with Gasteiger partial charge in [0.25, 0.3) is 0 Å². The summed E-state index contributed by atoms with van der Waals surface area (Å²) in [4.78, 5) is 12.5. The highest BCUT2D eigenvalue weighted by atomic mass is 16.2. The zero-order valence-electron chi connectivity index (χ0n) is 12.1. The Kier molecular flexibility index (Phi) is 3.78. The fourth-order valence-corrected chi connectivity index (χ4v) is 3.80. The lowest BCUT2D eigenvalue weighted by Crippen LogP contribution is -2.38. The summed E-state index contributed by atoms with van der Waals surface area (Å²) >= 11 is 0. The molecule has 1 aromatic heterocycles. The Morgan fingerprint density at radius 2 is 2.30 bits per heavy atom. The van der Waals surface area contributed by atoms with E-state index in [1.807, 2.05) is 17.9 Å². The molecule has 110 valence electrons. The van der Waals surface area contributed by atoms with Gasteiger partial charge in [-0.25, -0.2) is 0 Å². The summed E-state index contributed by atoms with van der Waals surface area (Å²) in [6.45, 7) is 0.626. The van der Waals surface area contributed by atoms with Crippen LogP contribution in [0.2, 0.25) is 0 Å². The molecule has 1 unspecified atom stereocenters. The van der Waals surface area contributed by atoms with Gasteiger partial charge in [-0.1, -0.05) is 6.42 Å². The predicted molar refractivity (Wildman–Crippen MR) is 76.9 cm³/mol. The van der Waals surface area contributed by atoms with E-state index in [1.165, 1.54) is 11.3 Å². The summed E-state index contributed by atoms with van der Waals surface area (Å²) in [6.07, 6.45) is 8.31. The minimum Gasteiger partial charge on any atom is -0.349 e. The molecule has 1 amide bonds. The normalized spacial score (nSPS) is 29.2. The number of aromatic nitrogens is 2. The highest BCUT2D eigenvalue weighted by Crippen LogP contribution is 2.33. The van der Waals surface area contributed by atoms with E-state index in [2.05, 4.69) is 10.4 Å². The molecule has 1 fully saturated rings. The quantitative estimate of drug-likeness (QED) is 0.873.